The number of nitrogens with zero attached hydrogens (tertiary/aromatic N) is 3. The molecule has 3 rings (SSSR count). The van der Waals surface area contributed by atoms with Gasteiger partial charge in [-0.3, -0.25) is 4.57 Å². The molecule has 108 valence electrons. The molecular weight excluding hydrogens is 297 g/mol. The van der Waals surface area contributed by atoms with Crippen LogP contribution in [0.2, 0.25) is 5.02 Å². The van der Waals surface area contributed by atoms with Gasteiger partial charge >= 0.3 is 5.69 Å². The van der Waals surface area contributed by atoms with E-state index in [2.05, 4.69) is 0 Å². The van der Waals surface area contributed by atoms with Gasteiger partial charge in [0.25, 0.3) is 0 Å². The molecule has 0 saturated heterocycles. The zero-order valence-corrected chi connectivity index (χ0v) is 11.6. The summed E-state index contributed by atoms with van der Waals surface area (Å²) in [4.78, 5) is 12.4. The van der Waals surface area contributed by atoms with Gasteiger partial charge in [-0.1, -0.05) is 11.6 Å². The maximum atomic E-state index is 14.1. The van der Waals surface area contributed by atoms with Crippen LogP contribution in [-0.2, 0) is 6.54 Å². The molecule has 0 amide bonds. The number of aromatic nitrogens is 2. The van der Waals surface area contributed by atoms with Crippen LogP contribution in [0.1, 0.15) is 30.3 Å². The molecule has 1 unspecified atom stereocenters. The van der Waals surface area contributed by atoms with Crippen LogP contribution in [0.5, 0.6) is 0 Å². The molecule has 21 heavy (non-hydrogen) atoms. The maximum absolute atomic E-state index is 14.1. The Balaban J connectivity index is 2.34. The largest absolute Gasteiger partial charge is 0.387 e. The second-order valence-electron chi connectivity index (χ2n) is 4.87. The summed E-state index contributed by atoms with van der Waals surface area (Å²) in [6.07, 6.45) is 0.213. The lowest BCUT2D eigenvalue weighted by molar-refractivity contribution is 0.138. The maximum Gasteiger partial charge on any atom is 0.334 e. The highest BCUT2D eigenvalue weighted by Crippen LogP contribution is 2.28. The van der Waals surface area contributed by atoms with Gasteiger partial charge in [0.05, 0.1) is 17.5 Å². The minimum Gasteiger partial charge on any atom is -0.387 e. The Morgan fingerprint density at radius 1 is 1.48 bits per heavy atom. The van der Waals surface area contributed by atoms with Crippen LogP contribution < -0.4 is 5.69 Å². The molecule has 1 aromatic carbocycles. The molecule has 2 heterocycles. The van der Waals surface area contributed by atoms with E-state index in [1.54, 1.807) is 0 Å². The Labute approximate surface area is 124 Å². The third kappa shape index (κ3) is 2.06. The summed E-state index contributed by atoms with van der Waals surface area (Å²) < 4.78 is 16.4. The number of aliphatic hydroxyl groups is 1. The lowest BCUT2D eigenvalue weighted by atomic mass is 10.1. The molecule has 0 spiro atoms. The van der Waals surface area contributed by atoms with Crippen molar-refractivity contribution in [2.24, 2.45) is 0 Å². The van der Waals surface area contributed by atoms with E-state index in [1.807, 2.05) is 6.07 Å². The molecule has 0 radical (unpaired) electrons. The summed E-state index contributed by atoms with van der Waals surface area (Å²) in [5.74, 6) is -0.696. The zero-order chi connectivity index (χ0) is 15.1. The molecule has 1 aromatic heterocycles. The monoisotopic (exact) mass is 307 g/mol. The molecule has 5 nitrogen and oxygen atoms in total. The van der Waals surface area contributed by atoms with Crippen LogP contribution in [0.25, 0.3) is 5.69 Å². The van der Waals surface area contributed by atoms with Gasteiger partial charge in [0.2, 0.25) is 0 Å². The van der Waals surface area contributed by atoms with E-state index in [0.717, 1.165) is 10.6 Å². The van der Waals surface area contributed by atoms with Gasteiger partial charge in [0.15, 0.2) is 5.69 Å². The molecule has 0 aliphatic carbocycles. The van der Waals surface area contributed by atoms with Gasteiger partial charge < -0.3 is 5.11 Å². The highest BCUT2D eigenvalue weighted by Gasteiger charge is 2.29. The first-order valence-electron chi connectivity index (χ1n) is 6.43. The van der Waals surface area contributed by atoms with Crippen LogP contribution in [-0.4, -0.2) is 14.2 Å². The second-order valence-corrected chi connectivity index (χ2v) is 5.31. The number of imidazole rings is 1. The highest BCUT2D eigenvalue weighted by atomic mass is 35.5. The second kappa shape index (κ2) is 5.02. The highest BCUT2D eigenvalue weighted by molar-refractivity contribution is 6.30. The minimum absolute atomic E-state index is 0.0339. The first-order valence-corrected chi connectivity index (χ1v) is 6.81. The van der Waals surface area contributed by atoms with E-state index in [1.165, 1.54) is 16.7 Å². The fourth-order valence-corrected chi connectivity index (χ4v) is 2.85. The topological polar surface area (TPSA) is 71.0 Å². The Hall–Kier alpha value is -2.10. The van der Waals surface area contributed by atoms with Crippen LogP contribution in [0.15, 0.2) is 23.0 Å². The van der Waals surface area contributed by atoms with Crippen molar-refractivity contribution in [3.05, 3.63) is 50.9 Å². The molecule has 1 aliphatic rings. The molecular formula is C14H11ClFN3O2. The molecule has 0 bridgehead atoms. The van der Waals surface area contributed by atoms with Gasteiger partial charge in [0.1, 0.15) is 11.9 Å². The van der Waals surface area contributed by atoms with Gasteiger partial charge in [-0.2, -0.15) is 5.26 Å². The Kier molecular flexibility index (Phi) is 3.32. The van der Waals surface area contributed by atoms with Crippen molar-refractivity contribution in [3.8, 4) is 11.8 Å². The summed E-state index contributed by atoms with van der Waals surface area (Å²) >= 11 is 5.70. The lowest BCUT2D eigenvalue weighted by Crippen LogP contribution is -2.27. The third-order valence-electron chi connectivity index (χ3n) is 3.61. The molecule has 7 heteroatoms. The fourth-order valence-electron chi connectivity index (χ4n) is 2.69. The van der Waals surface area contributed by atoms with Gasteiger partial charge in [-0.25, -0.2) is 13.8 Å². The Bertz CT molecular complexity index is 819. The van der Waals surface area contributed by atoms with Gasteiger partial charge in [-0.15, -0.1) is 0 Å². The van der Waals surface area contributed by atoms with E-state index < -0.39 is 17.6 Å². The molecule has 0 saturated carbocycles. The van der Waals surface area contributed by atoms with Crippen molar-refractivity contribution in [2.45, 2.75) is 25.5 Å². The van der Waals surface area contributed by atoms with Crippen molar-refractivity contribution < 1.29 is 9.50 Å². The summed E-state index contributed by atoms with van der Waals surface area (Å²) in [7, 11) is 0. The van der Waals surface area contributed by atoms with Gasteiger partial charge in [0, 0.05) is 11.6 Å². The Morgan fingerprint density at radius 3 is 2.90 bits per heavy atom. The number of rotatable bonds is 1. The number of aliphatic hydroxyl groups excluding tert-OH is 1. The lowest BCUT2D eigenvalue weighted by Gasteiger charge is -2.18. The predicted molar refractivity (Wildman–Crippen MR) is 73.9 cm³/mol. The summed E-state index contributed by atoms with van der Waals surface area (Å²) in [5.41, 5.74) is -0.354. The number of halogens is 2. The number of hydrogen-bond donors (Lipinski definition) is 1. The quantitative estimate of drug-likeness (QED) is 0.877. The van der Waals surface area contributed by atoms with E-state index in [0.29, 0.717) is 19.4 Å². The Morgan fingerprint density at radius 2 is 2.24 bits per heavy atom. The predicted octanol–water partition coefficient (Wildman–Crippen LogP) is 2.13. The van der Waals surface area contributed by atoms with Crippen LogP contribution in [0.4, 0.5) is 4.39 Å². The van der Waals surface area contributed by atoms with E-state index in [9.17, 15) is 19.6 Å². The van der Waals surface area contributed by atoms with E-state index >= 15 is 0 Å². The smallest absolute Gasteiger partial charge is 0.334 e. The molecule has 2 aromatic rings. The first kappa shape index (κ1) is 13.9. The SMILES string of the molecule is N#Cc1c2n(c(=O)n1-c1ccc(Cl)cc1F)CCCC2O. The summed E-state index contributed by atoms with van der Waals surface area (Å²) in [6, 6.07) is 5.77. The minimum atomic E-state index is -0.891. The average molecular weight is 308 g/mol. The van der Waals surface area contributed by atoms with Crippen molar-refractivity contribution in [1.82, 2.24) is 9.13 Å². The molecule has 1 N–H and O–H groups in total. The average Bonchev–Trinajstić information content (AvgIpc) is 2.73. The molecule has 1 aliphatic heterocycles. The standard InChI is InChI=1S/C14H11ClFN3O2/c15-8-3-4-10(9(16)6-8)19-11(7-17)13-12(20)2-1-5-18(13)14(19)21/h3-4,6,12,20H,1-2,5H2. The fraction of sp³-hybridized carbons (Fsp3) is 0.286. The number of benzene rings is 1. The number of nitriles is 1. The van der Waals surface area contributed by atoms with E-state index in [-0.39, 0.29) is 22.1 Å². The van der Waals surface area contributed by atoms with Crippen molar-refractivity contribution in [2.75, 3.05) is 0 Å². The van der Waals surface area contributed by atoms with Crippen molar-refractivity contribution >= 4 is 11.6 Å². The normalized spacial score (nSPS) is 17.3. The first-order chi connectivity index (χ1) is 10.0. The summed E-state index contributed by atoms with van der Waals surface area (Å²) in [6.45, 7) is 0.405. The van der Waals surface area contributed by atoms with Crippen molar-refractivity contribution in [3.63, 3.8) is 0 Å². The van der Waals surface area contributed by atoms with Crippen molar-refractivity contribution in [1.29, 1.82) is 5.26 Å². The number of fused-ring (bicyclic) bond motifs is 1. The van der Waals surface area contributed by atoms with Crippen LogP contribution >= 0.6 is 11.6 Å². The number of hydrogen-bond acceptors (Lipinski definition) is 3. The van der Waals surface area contributed by atoms with Crippen LogP contribution in [0, 0.1) is 17.1 Å². The zero-order valence-electron chi connectivity index (χ0n) is 10.9. The van der Waals surface area contributed by atoms with Gasteiger partial charge in [-0.05, 0) is 31.0 Å². The molecule has 0 fully saturated rings. The summed E-state index contributed by atoms with van der Waals surface area (Å²) in [5, 5.41) is 19.6. The van der Waals surface area contributed by atoms with E-state index in [4.69, 9.17) is 11.6 Å². The third-order valence-corrected chi connectivity index (χ3v) is 3.85. The van der Waals surface area contributed by atoms with Crippen LogP contribution in [0.3, 0.4) is 0 Å². The molecule has 1 atom stereocenters.